The second kappa shape index (κ2) is 7.81. The number of nitrogens with one attached hydrogen (secondary N) is 2. The lowest BCUT2D eigenvalue weighted by molar-refractivity contribution is -0.120. The van der Waals surface area contributed by atoms with Crippen molar-refractivity contribution in [1.82, 2.24) is 15.2 Å². The van der Waals surface area contributed by atoms with Gasteiger partial charge in [-0.05, 0) is 53.6 Å². The van der Waals surface area contributed by atoms with Crippen LogP contribution >= 0.6 is 0 Å². The third-order valence-electron chi connectivity index (χ3n) is 7.28. The van der Waals surface area contributed by atoms with Crippen LogP contribution in [0.25, 0.3) is 0 Å². The predicted octanol–water partition coefficient (Wildman–Crippen LogP) is 3.07. The van der Waals surface area contributed by atoms with Crippen LogP contribution in [0.4, 0.5) is 5.69 Å². The molecule has 3 heterocycles. The van der Waals surface area contributed by atoms with E-state index in [0.717, 1.165) is 48.4 Å². The molecule has 2 aromatic carbocycles. The molecule has 0 radical (unpaired) electrons. The van der Waals surface area contributed by atoms with Gasteiger partial charge in [0.05, 0.1) is 5.41 Å². The number of carbonyl (C=O) groups is 2. The van der Waals surface area contributed by atoms with Crippen LogP contribution in [-0.2, 0) is 29.6 Å². The molecule has 1 saturated heterocycles. The maximum absolute atomic E-state index is 13.0. The van der Waals surface area contributed by atoms with Crippen molar-refractivity contribution in [3.05, 3.63) is 94.8 Å². The Morgan fingerprint density at radius 1 is 1.09 bits per heavy atom. The average molecular weight is 439 g/mol. The molecule has 166 valence electrons. The number of para-hydroxylation sites is 1. The topological polar surface area (TPSA) is 74.3 Å². The fourth-order valence-electron chi connectivity index (χ4n) is 5.61. The highest BCUT2D eigenvalue weighted by molar-refractivity contribution is 6.07. The van der Waals surface area contributed by atoms with Crippen molar-refractivity contribution in [2.75, 3.05) is 18.4 Å². The molecule has 1 aliphatic carbocycles. The maximum atomic E-state index is 13.0. The summed E-state index contributed by atoms with van der Waals surface area (Å²) in [7, 11) is 0. The number of anilines is 1. The summed E-state index contributed by atoms with van der Waals surface area (Å²) >= 11 is 0. The van der Waals surface area contributed by atoms with Crippen molar-refractivity contribution >= 4 is 17.5 Å². The molecule has 0 bridgehead atoms. The van der Waals surface area contributed by atoms with Gasteiger partial charge < -0.3 is 10.6 Å². The van der Waals surface area contributed by atoms with Crippen molar-refractivity contribution in [1.29, 1.82) is 0 Å². The van der Waals surface area contributed by atoms with Gasteiger partial charge in [0.2, 0.25) is 5.91 Å². The fourth-order valence-corrected chi connectivity index (χ4v) is 5.61. The van der Waals surface area contributed by atoms with Gasteiger partial charge in [0, 0.05) is 37.6 Å². The van der Waals surface area contributed by atoms with Gasteiger partial charge in [0.15, 0.2) is 0 Å². The van der Waals surface area contributed by atoms with Crippen LogP contribution in [-0.4, -0.2) is 40.8 Å². The highest BCUT2D eigenvalue weighted by Gasteiger charge is 2.50. The van der Waals surface area contributed by atoms with Crippen LogP contribution in [0.2, 0.25) is 0 Å². The number of nitrogens with zero attached hydrogens (tertiary/aromatic N) is 2. The van der Waals surface area contributed by atoms with Crippen LogP contribution in [0, 0.1) is 0 Å². The summed E-state index contributed by atoms with van der Waals surface area (Å²) in [5.74, 6) is -0.100. The summed E-state index contributed by atoms with van der Waals surface area (Å²) in [4.78, 5) is 32.7. The zero-order valence-corrected chi connectivity index (χ0v) is 18.4. The monoisotopic (exact) mass is 438 g/mol. The minimum Gasteiger partial charge on any atom is -0.347 e. The number of carbonyl (C=O) groups excluding carboxylic acids is 2. The van der Waals surface area contributed by atoms with E-state index < -0.39 is 5.41 Å². The van der Waals surface area contributed by atoms with Crippen LogP contribution in [0.15, 0.2) is 66.9 Å². The smallest absolute Gasteiger partial charge is 0.270 e. The van der Waals surface area contributed by atoms with Gasteiger partial charge >= 0.3 is 0 Å². The van der Waals surface area contributed by atoms with Crippen LogP contribution in [0.1, 0.15) is 39.2 Å². The van der Waals surface area contributed by atoms with Crippen LogP contribution < -0.4 is 10.6 Å². The molecule has 1 spiro atoms. The van der Waals surface area contributed by atoms with Crippen molar-refractivity contribution < 1.29 is 9.59 Å². The van der Waals surface area contributed by atoms with Crippen LogP contribution in [0.5, 0.6) is 0 Å². The van der Waals surface area contributed by atoms with Gasteiger partial charge in [0.1, 0.15) is 5.69 Å². The molecule has 2 amide bonds. The molecule has 2 N–H and O–H groups in total. The normalized spacial score (nSPS) is 23.4. The standard InChI is InChI=1S/C27H26N4O2/c32-25(29-21-10-11-31(17-21)16-18-6-2-1-3-7-18)24-12-19-13-27(14-20(19)15-28-24)22-8-4-5-9-23(22)30-26(27)33/h1-9,12,15,21H,10-11,13-14,16-17H2,(H,29,32)(H,30,33). The van der Waals surface area contributed by atoms with E-state index in [0.29, 0.717) is 18.5 Å². The Morgan fingerprint density at radius 2 is 1.88 bits per heavy atom. The molecule has 6 nitrogen and oxygen atoms in total. The minimum atomic E-state index is -0.584. The minimum absolute atomic E-state index is 0.0374. The van der Waals surface area contributed by atoms with Crippen LogP contribution in [0.3, 0.4) is 0 Å². The summed E-state index contributed by atoms with van der Waals surface area (Å²) in [6.07, 6.45) is 3.94. The highest BCUT2D eigenvalue weighted by atomic mass is 16.2. The largest absolute Gasteiger partial charge is 0.347 e. The number of rotatable bonds is 4. The zero-order chi connectivity index (χ0) is 22.4. The summed E-state index contributed by atoms with van der Waals surface area (Å²) in [5, 5.41) is 6.19. The van der Waals surface area contributed by atoms with Gasteiger partial charge in [-0.1, -0.05) is 48.5 Å². The van der Waals surface area contributed by atoms with E-state index in [2.05, 4.69) is 44.8 Å². The molecule has 2 atom stereocenters. The molecule has 0 saturated carbocycles. The molecular formula is C27H26N4O2. The number of benzene rings is 2. The van der Waals surface area contributed by atoms with Gasteiger partial charge in [-0.3, -0.25) is 19.5 Å². The zero-order valence-electron chi connectivity index (χ0n) is 18.4. The molecular weight excluding hydrogens is 412 g/mol. The fraction of sp³-hybridized carbons (Fsp3) is 0.296. The predicted molar refractivity (Wildman–Crippen MR) is 126 cm³/mol. The first-order chi connectivity index (χ1) is 16.1. The summed E-state index contributed by atoms with van der Waals surface area (Å²) < 4.78 is 0. The first-order valence-corrected chi connectivity index (χ1v) is 11.6. The Labute approximate surface area is 193 Å². The maximum Gasteiger partial charge on any atom is 0.270 e. The molecule has 3 aliphatic rings. The van der Waals surface area contributed by atoms with Crippen molar-refractivity contribution in [3.63, 3.8) is 0 Å². The molecule has 6 heteroatoms. The average Bonchev–Trinajstić information content (AvgIpc) is 3.51. The number of fused-ring (bicyclic) bond motifs is 3. The Balaban J connectivity index is 1.14. The molecule has 2 aliphatic heterocycles. The van der Waals surface area contributed by atoms with E-state index in [1.165, 1.54) is 5.56 Å². The van der Waals surface area contributed by atoms with Gasteiger partial charge in [0.25, 0.3) is 5.91 Å². The van der Waals surface area contributed by atoms with Gasteiger partial charge in [-0.2, -0.15) is 0 Å². The lowest BCUT2D eigenvalue weighted by Gasteiger charge is -2.20. The Morgan fingerprint density at radius 3 is 2.76 bits per heavy atom. The molecule has 1 fully saturated rings. The Hall–Kier alpha value is -3.51. The second-order valence-electron chi connectivity index (χ2n) is 9.45. The number of amides is 2. The Kier molecular flexibility index (Phi) is 4.76. The quantitative estimate of drug-likeness (QED) is 0.657. The second-order valence-corrected chi connectivity index (χ2v) is 9.45. The number of hydrogen-bond donors (Lipinski definition) is 2. The summed E-state index contributed by atoms with van der Waals surface area (Å²) in [6, 6.07) is 20.3. The lowest BCUT2D eigenvalue weighted by atomic mass is 9.79. The number of pyridine rings is 1. The first kappa shape index (κ1) is 20.1. The van der Waals surface area contributed by atoms with E-state index in [-0.39, 0.29) is 17.9 Å². The lowest BCUT2D eigenvalue weighted by Crippen LogP contribution is -2.37. The van der Waals surface area contributed by atoms with Gasteiger partial charge in [-0.15, -0.1) is 0 Å². The molecule has 1 aromatic heterocycles. The molecule has 3 aromatic rings. The molecule has 33 heavy (non-hydrogen) atoms. The van der Waals surface area contributed by atoms with Gasteiger partial charge in [-0.25, -0.2) is 0 Å². The van der Waals surface area contributed by atoms with Crippen molar-refractivity contribution in [3.8, 4) is 0 Å². The SMILES string of the molecule is O=C(NC1CCN(Cc2ccccc2)C1)c1cc2c(cn1)CC1(C2)C(=O)Nc2ccccc21. The Bertz CT molecular complexity index is 1240. The van der Waals surface area contributed by atoms with Crippen molar-refractivity contribution in [2.24, 2.45) is 0 Å². The van der Waals surface area contributed by atoms with E-state index in [1.54, 1.807) is 6.20 Å². The van der Waals surface area contributed by atoms with E-state index in [4.69, 9.17) is 0 Å². The number of likely N-dealkylation sites (tertiary alicyclic amines) is 1. The number of aromatic nitrogens is 1. The third kappa shape index (κ3) is 3.51. The summed E-state index contributed by atoms with van der Waals surface area (Å²) in [6.45, 7) is 2.70. The van der Waals surface area contributed by atoms with E-state index >= 15 is 0 Å². The highest BCUT2D eigenvalue weighted by Crippen LogP contribution is 2.47. The van der Waals surface area contributed by atoms with E-state index in [9.17, 15) is 9.59 Å². The molecule has 2 unspecified atom stereocenters. The summed E-state index contributed by atoms with van der Waals surface area (Å²) in [5.41, 5.74) is 5.16. The third-order valence-corrected chi connectivity index (χ3v) is 7.28. The van der Waals surface area contributed by atoms with Crippen molar-refractivity contribution in [2.45, 2.75) is 37.3 Å². The first-order valence-electron chi connectivity index (χ1n) is 11.6. The van der Waals surface area contributed by atoms with E-state index in [1.807, 2.05) is 36.4 Å². The number of hydrogen-bond acceptors (Lipinski definition) is 4. The molecule has 6 rings (SSSR count).